The van der Waals surface area contributed by atoms with Crippen molar-refractivity contribution >= 4 is 17.0 Å². The Bertz CT molecular complexity index is 1240. The summed E-state index contributed by atoms with van der Waals surface area (Å²) >= 11 is 0. The monoisotopic (exact) mass is 451 g/mol. The van der Waals surface area contributed by atoms with Crippen molar-refractivity contribution in [1.29, 1.82) is 0 Å². The van der Waals surface area contributed by atoms with Gasteiger partial charge in [0.25, 0.3) is 12.0 Å². The SMILES string of the molecule is C[C@H](NC(=O)OC(C)(C)C)c1nc2cccc(F)c2c(=O)n1-c1cc(F)cc(C(F)F)c1. The molecule has 6 nitrogen and oxygen atoms in total. The maximum absolute atomic E-state index is 14.4. The van der Waals surface area contributed by atoms with Gasteiger partial charge in [0.15, 0.2) is 0 Å². The van der Waals surface area contributed by atoms with Gasteiger partial charge in [-0.05, 0) is 58.0 Å². The number of hydrogen-bond acceptors (Lipinski definition) is 4. The molecule has 0 bridgehead atoms. The standard InChI is InChI=1S/C22H21F4N3O3/c1-11(27-21(31)32-22(2,3)4)19-28-16-7-5-6-15(24)17(16)20(30)29(19)14-9-12(18(25)26)8-13(23)10-14/h5-11,18H,1-4H3,(H,27,31)/t11-/m0/s1. The van der Waals surface area contributed by atoms with Crippen molar-refractivity contribution in [2.75, 3.05) is 0 Å². The summed E-state index contributed by atoms with van der Waals surface area (Å²) in [7, 11) is 0. The Morgan fingerprint density at radius 3 is 2.47 bits per heavy atom. The first-order chi connectivity index (χ1) is 14.9. The first-order valence-electron chi connectivity index (χ1n) is 9.67. The molecule has 1 amide bonds. The van der Waals surface area contributed by atoms with E-state index in [1.54, 1.807) is 20.8 Å². The number of aromatic nitrogens is 2. The summed E-state index contributed by atoms with van der Waals surface area (Å²) in [5.41, 5.74) is -2.70. The Balaban J connectivity index is 2.24. The molecule has 0 radical (unpaired) electrons. The number of hydrogen-bond donors (Lipinski definition) is 1. The van der Waals surface area contributed by atoms with Crippen molar-refractivity contribution < 1.29 is 27.1 Å². The molecule has 0 spiro atoms. The van der Waals surface area contributed by atoms with Crippen LogP contribution in [0.15, 0.2) is 41.2 Å². The van der Waals surface area contributed by atoms with Crippen molar-refractivity contribution in [3.8, 4) is 5.69 Å². The number of carbonyl (C=O) groups excluding carboxylic acids is 1. The van der Waals surface area contributed by atoms with Gasteiger partial charge in [-0.1, -0.05) is 6.07 Å². The lowest BCUT2D eigenvalue weighted by Gasteiger charge is -2.23. The molecule has 0 aliphatic carbocycles. The molecule has 1 heterocycles. The fraction of sp³-hybridized carbons (Fsp3) is 0.318. The van der Waals surface area contributed by atoms with Crippen molar-refractivity contribution in [2.45, 2.75) is 45.8 Å². The van der Waals surface area contributed by atoms with E-state index in [1.165, 1.54) is 19.1 Å². The summed E-state index contributed by atoms with van der Waals surface area (Å²) in [5.74, 6) is -2.01. The zero-order chi connectivity index (χ0) is 23.8. The number of ether oxygens (including phenoxy) is 1. The molecule has 0 saturated heterocycles. The zero-order valence-electron chi connectivity index (χ0n) is 17.7. The van der Waals surface area contributed by atoms with Crippen LogP contribution in [0.5, 0.6) is 0 Å². The minimum Gasteiger partial charge on any atom is -0.444 e. The van der Waals surface area contributed by atoms with Crippen LogP contribution in [0.25, 0.3) is 16.6 Å². The maximum atomic E-state index is 14.4. The molecule has 0 saturated carbocycles. The highest BCUT2D eigenvalue weighted by Crippen LogP contribution is 2.25. The highest BCUT2D eigenvalue weighted by Gasteiger charge is 2.24. The number of nitrogens with one attached hydrogen (secondary N) is 1. The smallest absolute Gasteiger partial charge is 0.408 e. The van der Waals surface area contributed by atoms with Gasteiger partial charge in [-0.25, -0.2) is 27.3 Å². The Morgan fingerprint density at radius 1 is 1.16 bits per heavy atom. The van der Waals surface area contributed by atoms with Gasteiger partial charge in [0, 0.05) is 5.56 Å². The number of fused-ring (bicyclic) bond motifs is 1. The van der Waals surface area contributed by atoms with Gasteiger partial charge in [0.2, 0.25) is 0 Å². The number of rotatable bonds is 4. The van der Waals surface area contributed by atoms with Crippen molar-refractivity contribution in [3.05, 3.63) is 69.8 Å². The molecule has 1 atom stereocenters. The van der Waals surface area contributed by atoms with Crippen LogP contribution in [0.4, 0.5) is 22.4 Å². The molecule has 2 aromatic carbocycles. The number of alkyl halides is 2. The number of alkyl carbamates (subject to hydrolysis) is 1. The van der Waals surface area contributed by atoms with Crippen LogP contribution in [0.1, 0.15) is 51.6 Å². The number of carbonyl (C=O) groups is 1. The fourth-order valence-corrected chi connectivity index (χ4v) is 3.15. The molecule has 170 valence electrons. The Morgan fingerprint density at radius 2 is 1.84 bits per heavy atom. The van der Waals surface area contributed by atoms with Crippen LogP contribution >= 0.6 is 0 Å². The minimum atomic E-state index is -3.01. The van der Waals surface area contributed by atoms with E-state index in [9.17, 15) is 27.2 Å². The van der Waals surface area contributed by atoms with E-state index < -0.39 is 52.3 Å². The lowest BCUT2D eigenvalue weighted by Crippen LogP contribution is -2.37. The fourth-order valence-electron chi connectivity index (χ4n) is 3.15. The number of benzene rings is 2. The summed E-state index contributed by atoms with van der Waals surface area (Å²) in [5, 5.41) is 2.10. The normalized spacial score (nSPS) is 12.8. The average molecular weight is 451 g/mol. The van der Waals surface area contributed by atoms with Crippen molar-refractivity contribution in [2.24, 2.45) is 0 Å². The van der Waals surface area contributed by atoms with Gasteiger partial charge in [-0.15, -0.1) is 0 Å². The quantitative estimate of drug-likeness (QED) is 0.555. The Hall–Kier alpha value is -3.43. The van der Waals surface area contributed by atoms with Crippen molar-refractivity contribution in [1.82, 2.24) is 14.9 Å². The average Bonchev–Trinajstić information content (AvgIpc) is 2.65. The Kier molecular flexibility index (Phi) is 6.25. The topological polar surface area (TPSA) is 73.2 Å². The Labute approximate surface area is 180 Å². The van der Waals surface area contributed by atoms with Crippen LogP contribution in [-0.2, 0) is 4.74 Å². The molecule has 32 heavy (non-hydrogen) atoms. The highest BCUT2D eigenvalue weighted by molar-refractivity contribution is 5.79. The lowest BCUT2D eigenvalue weighted by molar-refractivity contribution is 0.0505. The first-order valence-corrected chi connectivity index (χ1v) is 9.67. The minimum absolute atomic E-state index is 0.00965. The number of halogens is 4. The molecule has 0 aliphatic rings. The molecule has 1 N–H and O–H groups in total. The van der Waals surface area contributed by atoms with Gasteiger partial charge in [0.1, 0.15) is 28.4 Å². The summed E-state index contributed by atoms with van der Waals surface area (Å²) < 4.78 is 61.0. The van der Waals surface area contributed by atoms with E-state index >= 15 is 0 Å². The van der Waals surface area contributed by atoms with E-state index in [2.05, 4.69) is 10.3 Å². The van der Waals surface area contributed by atoms with Gasteiger partial charge < -0.3 is 10.1 Å². The molecule has 3 aromatic rings. The summed E-state index contributed by atoms with van der Waals surface area (Å²) in [4.78, 5) is 29.7. The van der Waals surface area contributed by atoms with E-state index in [0.29, 0.717) is 6.07 Å². The van der Waals surface area contributed by atoms with Gasteiger partial charge in [0.05, 0.1) is 17.2 Å². The molecular weight excluding hydrogens is 430 g/mol. The zero-order valence-corrected chi connectivity index (χ0v) is 17.7. The van der Waals surface area contributed by atoms with Crippen LogP contribution < -0.4 is 10.9 Å². The molecule has 10 heteroatoms. The second-order valence-electron chi connectivity index (χ2n) is 8.16. The second-order valence-corrected chi connectivity index (χ2v) is 8.16. The first kappa shape index (κ1) is 23.2. The second kappa shape index (κ2) is 8.60. The van der Waals surface area contributed by atoms with Crippen LogP contribution in [0.3, 0.4) is 0 Å². The van der Waals surface area contributed by atoms with Crippen LogP contribution in [0.2, 0.25) is 0 Å². The molecule has 3 rings (SSSR count). The number of nitrogens with zero attached hydrogens (tertiary/aromatic N) is 2. The molecule has 0 unspecified atom stereocenters. The number of amides is 1. The third-order valence-electron chi connectivity index (χ3n) is 4.41. The molecule has 1 aromatic heterocycles. The van der Waals surface area contributed by atoms with Gasteiger partial charge in [-0.3, -0.25) is 9.36 Å². The predicted octanol–water partition coefficient (Wildman–Crippen LogP) is 5.19. The van der Waals surface area contributed by atoms with Gasteiger partial charge in [-0.2, -0.15) is 0 Å². The summed E-state index contributed by atoms with van der Waals surface area (Å²) in [6, 6.07) is 5.21. The van der Waals surface area contributed by atoms with Crippen LogP contribution in [0, 0.1) is 11.6 Å². The van der Waals surface area contributed by atoms with E-state index in [4.69, 9.17) is 4.74 Å². The van der Waals surface area contributed by atoms with E-state index in [1.807, 2.05) is 0 Å². The van der Waals surface area contributed by atoms with Gasteiger partial charge >= 0.3 is 6.09 Å². The third kappa shape index (κ3) is 4.90. The molecule has 0 aliphatic heterocycles. The van der Waals surface area contributed by atoms with Crippen LogP contribution in [-0.4, -0.2) is 21.2 Å². The van der Waals surface area contributed by atoms with E-state index in [-0.39, 0.29) is 17.0 Å². The molecular formula is C22H21F4N3O3. The summed E-state index contributed by atoms with van der Waals surface area (Å²) in [6.45, 7) is 6.44. The third-order valence-corrected chi connectivity index (χ3v) is 4.41. The van der Waals surface area contributed by atoms with Crippen molar-refractivity contribution in [3.63, 3.8) is 0 Å². The van der Waals surface area contributed by atoms with E-state index in [0.717, 1.165) is 22.8 Å². The summed E-state index contributed by atoms with van der Waals surface area (Å²) in [6.07, 6.45) is -3.83. The molecule has 0 fully saturated rings. The largest absolute Gasteiger partial charge is 0.444 e. The lowest BCUT2D eigenvalue weighted by atomic mass is 10.1. The highest BCUT2D eigenvalue weighted by atomic mass is 19.3. The maximum Gasteiger partial charge on any atom is 0.408 e. The predicted molar refractivity (Wildman–Crippen MR) is 110 cm³/mol.